The summed E-state index contributed by atoms with van der Waals surface area (Å²) in [6.45, 7) is 4.02. The van der Waals surface area contributed by atoms with Crippen LogP contribution in [0.3, 0.4) is 0 Å². The fraction of sp³-hybridized carbons (Fsp3) is 0.579. The van der Waals surface area contributed by atoms with Crippen LogP contribution >= 0.6 is 0 Å². The van der Waals surface area contributed by atoms with E-state index >= 15 is 0 Å². The van der Waals surface area contributed by atoms with Crippen molar-refractivity contribution in [2.45, 2.75) is 32.1 Å². The molecule has 130 valence electrons. The van der Waals surface area contributed by atoms with Crippen molar-refractivity contribution in [3.05, 3.63) is 35.4 Å². The third kappa shape index (κ3) is 3.68. The molecule has 1 aromatic carbocycles. The molecule has 1 saturated heterocycles. The van der Waals surface area contributed by atoms with Crippen molar-refractivity contribution in [1.82, 2.24) is 9.80 Å². The minimum absolute atomic E-state index is 0.152. The summed E-state index contributed by atoms with van der Waals surface area (Å²) in [5.74, 6) is 0.366. The monoisotopic (exact) mass is 330 g/mol. The van der Waals surface area contributed by atoms with Crippen molar-refractivity contribution in [3.8, 4) is 0 Å². The highest BCUT2D eigenvalue weighted by molar-refractivity contribution is 6.21. The number of amides is 2. The number of carbonyl (C=O) groups excluding carboxylic acids is 2. The molecule has 3 rings (SSSR count). The van der Waals surface area contributed by atoms with Gasteiger partial charge in [0.05, 0.1) is 11.1 Å². The first-order chi connectivity index (χ1) is 11.7. The van der Waals surface area contributed by atoms with E-state index in [-0.39, 0.29) is 11.8 Å². The summed E-state index contributed by atoms with van der Waals surface area (Å²) in [6.07, 6.45) is 5.10. The van der Waals surface area contributed by atoms with Gasteiger partial charge in [-0.25, -0.2) is 0 Å². The second-order valence-corrected chi connectivity index (χ2v) is 6.81. The van der Waals surface area contributed by atoms with Crippen LogP contribution in [0.4, 0.5) is 0 Å². The van der Waals surface area contributed by atoms with Gasteiger partial charge in [-0.1, -0.05) is 12.1 Å². The number of carbonyl (C=O) groups is 2. The highest BCUT2D eigenvalue weighted by atomic mass is 16.3. The van der Waals surface area contributed by atoms with Gasteiger partial charge in [0.25, 0.3) is 11.8 Å². The number of piperidine rings is 1. The molecule has 0 saturated carbocycles. The van der Waals surface area contributed by atoms with Gasteiger partial charge in [-0.05, 0) is 69.8 Å². The lowest BCUT2D eigenvalue weighted by molar-refractivity contribution is 0.0649. The van der Waals surface area contributed by atoms with Gasteiger partial charge < -0.3 is 10.0 Å². The Morgan fingerprint density at radius 2 is 1.54 bits per heavy atom. The van der Waals surface area contributed by atoms with E-state index in [1.165, 1.54) is 17.7 Å². The molecule has 5 nitrogen and oxygen atoms in total. The zero-order valence-corrected chi connectivity index (χ0v) is 14.1. The van der Waals surface area contributed by atoms with Crippen LogP contribution in [-0.4, -0.2) is 59.5 Å². The smallest absolute Gasteiger partial charge is 0.261 e. The number of benzene rings is 1. The molecular formula is C19H26N2O3. The number of aliphatic hydroxyl groups is 1. The Labute approximate surface area is 143 Å². The number of unbranched alkanes of at least 4 members (excludes halogenated alkanes) is 1. The minimum Gasteiger partial charge on any atom is -0.396 e. The van der Waals surface area contributed by atoms with E-state index < -0.39 is 0 Å². The Bertz CT molecular complexity index is 559. The zero-order chi connectivity index (χ0) is 16.9. The molecule has 0 aromatic heterocycles. The van der Waals surface area contributed by atoms with Crippen LogP contribution in [0, 0.1) is 5.92 Å². The Morgan fingerprint density at radius 1 is 0.958 bits per heavy atom. The number of nitrogens with zero attached hydrogens (tertiary/aromatic N) is 2. The Morgan fingerprint density at radius 3 is 2.12 bits per heavy atom. The van der Waals surface area contributed by atoms with Crippen molar-refractivity contribution < 1.29 is 14.7 Å². The third-order valence-electron chi connectivity index (χ3n) is 5.23. The molecule has 1 fully saturated rings. The Kier molecular flexibility index (Phi) is 5.63. The first kappa shape index (κ1) is 17.1. The third-order valence-corrected chi connectivity index (χ3v) is 5.23. The fourth-order valence-corrected chi connectivity index (χ4v) is 3.73. The van der Waals surface area contributed by atoms with Crippen molar-refractivity contribution in [1.29, 1.82) is 0 Å². The van der Waals surface area contributed by atoms with Crippen LogP contribution in [0.1, 0.15) is 52.8 Å². The first-order valence-electron chi connectivity index (χ1n) is 8.99. The predicted molar refractivity (Wildman–Crippen MR) is 91.9 cm³/mol. The predicted octanol–water partition coefficient (Wildman–Crippen LogP) is 2.16. The Balaban J connectivity index is 1.39. The van der Waals surface area contributed by atoms with E-state index in [0.29, 0.717) is 30.2 Å². The summed E-state index contributed by atoms with van der Waals surface area (Å²) in [6, 6.07) is 7.06. The molecule has 0 radical (unpaired) electrons. The lowest BCUT2D eigenvalue weighted by atomic mass is 9.94. The quantitative estimate of drug-likeness (QED) is 0.615. The van der Waals surface area contributed by atoms with Crippen LogP contribution in [0.25, 0.3) is 0 Å². The van der Waals surface area contributed by atoms with Crippen molar-refractivity contribution in [2.75, 3.05) is 32.8 Å². The molecule has 24 heavy (non-hydrogen) atoms. The molecule has 0 unspecified atom stereocenters. The van der Waals surface area contributed by atoms with E-state index in [2.05, 4.69) is 4.90 Å². The van der Waals surface area contributed by atoms with Crippen LogP contribution in [0.15, 0.2) is 24.3 Å². The maximum absolute atomic E-state index is 12.3. The number of aliphatic hydroxyl groups excluding tert-OH is 1. The molecular weight excluding hydrogens is 304 g/mol. The van der Waals surface area contributed by atoms with E-state index in [4.69, 9.17) is 5.11 Å². The van der Waals surface area contributed by atoms with Gasteiger partial charge in [-0.3, -0.25) is 14.5 Å². The SMILES string of the molecule is O=C1c2ccccc2C(=O)N1CCCCN1CCC(CCO)CC1. The van der Waals surface area contributed by atoms with Crippen LogP contribution in [-0.2, 0) is 0 Å². The topological polar surface area (TPSA) is 60.9 Å². The van der Waals surface area contributed by atoms with E-state index in [1.807, 2.05) is 0 Å². The normalized spacial score (nSPS) is 19.1. The second kappa shape index (κ2) is 7.90. The molecule has 2 heterocycles. The second-order valence-electron chi connectivity index (χ2n) is 6.81. The summed E-state index contributed by atoms with van der Waals surface area (Å²) in [4.78, 5) is 28.4. The summed E-state index contributed by atoms with van der Waals surface area (Å²) < 4.78 is 0. The minimum atomic E-state index is -0.152. The largest absolute Gasteiger partial charge is 0.396 e. The van der Waals surface area contributed by atoms with Crippen LogP contribution in [0.2, 0.25) is 0 Å². The molecule has 2 aliphatic heterocycles. The molecule has 0 atom stereocenters. The van der Waals surface area contributed by atoms with E-state index in [9.17, 15) is 9.59 Å². The summed E-state index contributed by atoms with van der Waals surface area (Å²) >= 11 is 0. The number of imide groups is 1. The van der Waals surface area contributed by atoms with Crippen molar-refractivity contribution in [2.24, 2.45) is 5.92 Å². The Hall–Kier alpha value is -1.72. The van der Waals surface area contributed by atoms with Crippen LogP contribution < -0.4 is 0 Å². The first-order valence-corrected chi connectivity index (χ1v) is 8.99. The molecule has 1 aromatic rings. The van der Waals surface area contributed by atoms with E-state index in [0.717, 1.165) is 38.9 Å². The van der Waals surface area contributed by atoms with Gasteiger partial charge in [-0.15, -0.1) is 0 Å². The number of hydrogen-bond acceptors (Lipinski definition) is 4. The number of rotatable bonds is 7. The van der Waals surface area contributed by atoms with Crippen molar-refractivity contribution >= 4 is 11.8 Å². The molecule has 0 spiro atoms. The van der Waals surface area contributed by atoms with E-state index in [1.54, 1.807) is 24.3 Å². The lowest BCUT2D eigenvalue weighted by Crippen LogP contribution is -2.35. The fourth-order valence-electron chi connectivity index (χ4n) is 3.73. The summed E-state index contributed by atoms with van der Waals surface area (Å²) in [5.41, 5.74) is 1.07. The standard InChI is InChI=1S/C19H26N2O3/c22-14-9-15-7-12-20(13-8-15)10-3-4-11-21-18(23)16-5-1-2-6-17(16)19(21)24/h1-2,5-6,15,22H,3-4,7-14H2. The van der Waals surface area contributed by atoms with Gasteiger partial charge in [0, 0.05) is 13.2 Å². The maximum Gasteiger partial charge on any atom is 0.261 e. The molecule has 0 aliphatic carbocycles. The average Bonchev–Trinajstić information content (AvgIpc) is 2.85. The maximum atomic E-state index is 12.3. The summed E-state index contributed by atoms with van der Waals surface area (Å²) in [5, 5.41) is 9.00. The lowest BCUT2D eigenvalue weighted by Gasteiger charge is -2.31. The van der Waals surface area contributed by atoms with Gasteiger partial charge in [0.15, 0.2) is 0 Å². The van der Waals surface area contributed by atoms with Gasteiger partial charge in [0.1, 0.15) is 0 Å². The number of likely N-dealkylation sites (tertiary alicyclic amines) is 1. The van der Waals surface area contributed by atoms with Crippen LogP contribution in [0.5, 0.6) is 0 Å². The van der Waals surface area contributed by atoms with Crippen molar-refractivity contribution in [3.63, 3.8) is 0 Å². The number of fused-ring (bicyclic) bond motifs is 1. The number of hydrogen-bond donors (Lipinski definition) is 1. The van der Waals surface area contributed by atoms with Gasteiger partial charge in [0.2, 0.25) is 0 Å². The average molecular weight is 330 g/mol. The zero-order valence-electron chi connectivity index (χ0n) is 14.1. The molecule has 0 bridgehead atoms. The molecule has 1 N–H and O–H groups in total. The highest BCUT2D eigenvalue weighted by Crippen LogP contribution is 2.23. The van der Waals surface area contributed by atoms with Gasteiger partial charge >= 0.3 is 0 Å². The summed E-state index contributed by atoms with van der Waals surface area (Å²) in [7, 11) is 0. The molecule has 2 amide bonds. The molecule has 2 aliphatic rings. The highest BCUT2D eigenvalue weighted by Gasteiger charge is 2.34. The molecule has 5 heteroatoms. The van der Waals surface area contributed by atoms with Gasteiger partial charge in [-0.2, -0.15) is 0 Å².